The molecular formula is C15H18N4O3S. The van der Waals surface area contributed by atoms with Crippen LogP contribution < -0.4 is 10.5 Å². The molecule has 0 aliphatic rings. The van der Waals surface area contributed by atoms with Gasteiger partial charge in [-0.05, 0) is 24.3 Å². The van der Waals surface area contributed by atoms with Crippen molar-refractivity contribution < 1.29 is 13.2 Å². The highest BCUT2D eigenvalue weighted by Crippen LogP contribution is 2.20. The van der Waals surface area contributed by atoms with Crippen molar-refractivity contribution in [3.63, 3.8) is 0 Å². The number of nitrogens with two attached hydrogens (primary N) is 1. The Hall–Kier alpha value is -2.48. The van der Waals surface area contributed by atoms with Crippen LogP contribution in [-0.2, 0) is 15.4 Å². The zero-order chi connectivity index (χ0) is 17.3. The van der Waals surface area contributed by atoms with Crippen LogP contribution in [-0.4, -0.2) is 24.3 Å². The van der Waals surface area contributed by atoms with Crippen LogP contribution in [0.15, 0.2) is 41.6 Å². The second-order valence-corrected chi connectivity index (χ2v) is 7.72. The van der Waals surface area contributed by atoms with E-state index >= 15 is 0 Å². The number of sulfonamides is 1. The average Bonchev–Trinajstić information content (AvgIpc) is 2.46. The van der Waals surface area contributed by atoms with E-state index in [4.69, 9.17) is 5.73 Å². The number of amides is 1. The molecule has 7 nitrogen and oxygen atoms in total. The number of carbonyl (C=O) groups excluding carboxylic acids is 1. The van der Waals surface area contributed by atoms with Crippen LogP contribution in [0.1, 0.15) is 37.0 Å². The molecule has 0 spiro atoms. The van der Waals surface area contributed by atoms with Crippen molar-refractivity contribution in [1.29, 1.82) is 0 Å². The number of anilines is 1. The fourth-order valence-corrected chi connectivity index (χ4v) is 2.81. The third-order valence-corrected chi connectivity index (χ3v) is 4.42. The van der Waals surface area contributed by atoms with Crippen LogP contribution in [0.5, 0.6) is 0 Å². The van der Waals surface area contributed by atoms with Crippen LogP contribution in [0.25, 0.3) is 0 Å². The van der Waals surface area contributed by atoms with Gasteiger partial charge in [0.05, 0.1) is 23.0 Å². The molecule has 0 radical (unpaired) electrons. The maximum Gasteiger partial charge on any atom is 0.261 e. The number of nitrogens with one attached hydrogen (secondary N) is 1. The van der Waals surface area contributed by atoms with Gasteiger partial charge in [-0.2, -0.15) is 0 Å². The molecule has 0 unspecified atom stereocenters. The summed E-state index contributed by atoms with van der Waals surface area (Å²) in [6, 6.07) is 5.34. The monoisotopic (exact) mass is 334 g/mol. The zero-order valence-corrected chi connectivity index (χ0v) is 13.9. The second kappa shape index (κ2) is 5.96. The highest BCUT2D eigenvalue weighted by molar-refractivity contribution is 7.92. The Labute approximate surface area is 135 Å². The summed E-state index contributed by atoms with van der Waals surface area (Å²) in [5, 5.41) is 0. The molecule has 23 heavy (non-hydrogen) atoms. The number of carbonyl (C=O) groups is 1. The zero-order valence-electron chi connectivity index (χ0n) is 13.1. The Morgan fingerprint density at radius 2 is 1.61 bits per heavy atom. The molecule has 8 heteroatoms. The molecule has 0 saturated carbocycles. The predicted molar refractivity (Wildman–Crippen MR) is 86.5 cm³/mol. The van der Waals surface area contributed by atoms with Crippen molar-refractivity contribution in [2.75, 3.05) is 4.72 Å². The molecular weight excluding hydrogens is 316 g/mol. The molecule has 122 valence electrons. The molecule has 1 amide bonds. The summed E-state index contributed by atoms with van der Waals surface area (Å²) in [6.07, 6.45) is 2.84. The second-order valence-electron chi connectivity index (χ2n) is 6.04. The number of nitrogens with zero attached hydrogens (tertiary/aromatic N) is 2. The van der Waals surface area contributed by atoms with Crippen molar-refractivity contribution >= 4 is 21.6 Å². The van der Waals surface area contributed by atoms with E-state index in [0.29, 0.717) is 5.82 Å². The van der Waals surface area contributed by atoms with Crippen LogP contribution in [0.4, 0.5) is 5.69 Å². The normalized spacial score (nSPS) is 12.0. The molecule has 1 aromatic heterocycles. The first-order valence-electron chi connectivity index (χ1n) is 6.85. The van der Waals surface area contributed by atoms with E-state index in [2.05, 4.69) is 14.7 Å². The topological polar surface area (TPSA) is 115 Å². The quantitative estimate of drug-likeness (QED) is 0.882. The number of primary amides is 1. The third-order valence-electron chi connectivity index (χ3n) is 3.02. The maximum atomic E-state index is 12.3. The van der Waals surface area contributed by atoms with Gasteiger partial charge in [0.1, 0.15) is 5.82 Å². The summed E-state index contributed by atoms with van der Waals surface area (Å²) in [4.78, 5) is 19.4. The minimum atomic E-state index is -3.79. The molecule has 1 heterocycles. The maximum absolute atomic E-state index is 12.3. The van der Waals surface area contributed by atoms with E-state index in [1.54, 1.807) is 0 Å². The van der Waals surface area contributed by atoms with Crippen LogP contribution >= 0.6 is 0 Å². The number of aromatic nitrogens is 2. The highest BCUT2D eigenvalue weighted by atomic mass is 32.2. The molecule has 0 aliphatic heterocycles. The molecule has 0 saturated heterocycles. The Kier molecular flexibility index (Phi) is 4.37. The van der Waals surface area contributed by atoms with Gasteiger partial charge in [0, 0.05) is 11.0 Å². The lowest BCUT2D eigenvalue weighted by Gasteiger charge is -2.16. The van der Waals surface area contributed by atoms with Gasteiger partial charge in [-0.1, -0.05) is 20.8 Å². The SMILES string of the molecule is CC(C)(C)c1ncc(NS(=O)(=O)c2ccc(C(N)=O)cc2)cn1. The standard InChI is InChI=1S/C15H18N4O3S/c1-15(2,3)14-17-8-11(9-18-14)19-23(21,22)12-6-4-10(5-7-12)13(16)20/h4-9,19H,1-3H3,(H2,16,20). The molecule has 0 atom stereocenters. The Morgan fingerprint density at radius 1 is 1.09 bits per heavy atom. The third kappa shape index (κ3) is 4.04. The highest BCUT2D eigenvalue weighted by Gasteiger charge is 2.18. The van der Waals surface area contributed by atoms with E-state index in [9.17, 15) is 13.2 Å². The summed E-state index contributed by atoms with van der Waals surface area (Å²) in [5.74, 6) is -0.000615. The van der Waals surface area contributed by atoms with E-state index in [1.807, 2.05) is 20.8 Å². The Bertz CT molecular complexity index is 807. The molecule has 2 rings (SSSR count). The number of benzene rings is 1. The summed E-state index contributed by atoms with van der Waals surface area (Å²) >= 11 is 0. The summed E-state index contributed by atoms with van der Waals surface area (Å²) in [5.41, 5.74) is 5.40. The summed E-state index contributed by atoms with van der Waals surface area (Å²) < 4.78 is 27.0. The van der Waals surface area contributed by atoms with E-state index in [0.717, 1.165) is 0 Å². The largest absolute Gasteiger partial charge is 0.366 e. The number of hydrogen-bond donors (Lipinski definition) is 2. The number of hydrogen-bond acceptors (Lipinski definition) is 5. The first-order valence-corrected chi connectivity index (χ1v) is 8.33. The van der Waals surface area contributed by atoms with Crippen LogP contribution in [0.2, 0.25) is 0 Å². The van der Waals surface area contributed by atoms with Gasteiger partial charge in [0.25, 0.3) is 10.0 Å². The van der Waals surface area contributed by atoms with Crippen molar-refractivity contribution in [2.24, 2.45) is 5.73 Å². The van der Waals surface area contributed by atoms with E-state index < -0.39 is 15.9 Å². The fraction of sp³-hybridized carbons (Fsp3) is 0.267. The predicted octanol–water partition coefficient (Wildman–Crippen LogP) is 1.67. The first-order chi connectivity index (χ1) is 10.6. The lowest BCUT2D eigenvalue weighted by Crippen LogP contribution is -2.18. The van der Waals surface area contributed by atoms with Crippen molar-refractivity contribution in [1.82, 2.24) is 9.97 Å². The minimum Gasteiger partial charge on any atom is -0.366 e. The van der Waals surface area contributed by atoms with Gasteiger partial charge in [0.2, 0.25) is 5.91 Å². The van der Waals surface area contributed by atoms with Gasteiger partial charge in [-0.3, -0.25) is 9.52 Å². The minimum absolute atomic E-state index is 0.0161. The van der Waals surface area contributed by atoms with Gasteiger partial charge in [-0.15, -0.1) is 0 Å². The summed E-state index contributed by atoms with van der Waals surface area (Å²) in [7, 11) is -3.79. The molecule has 2 aromatic rings. The Morgan fingerprint density at radius 3 is 2.04 bits per heavy atom. The van der Waals surface area contributed by atoms with Gasteiger partial charge in [0.15, 0.2) is 0 Å². The molecule has 0 bridgehead atoms. The van der Waals surface area contributed by atoms with Crippen molar-refractivity contribution in [2.45, 2.75) is 31.1 Å². The first kappa shape index (κ1) is 16.9. The smallest absolute Gasteiger partial charge is 0.261 e. The lowest BCUT2D eigenvalue weighted by molar-refractivity contribution is 0.1000. The molecule has 0 fully saturated rings. The summed E-state index contributed by atoms with van der Waals surface area (Å²) in [6.45, 7) is 5.89. The molecule has 3 N–H and O–H groups in total. The van der Waals surface area contributed by atoms with Crippen molar-refractivity contribution in [3.8, 4) is 0 Å². The lowest BCUT2D eigenvalue weighted by atomic mass is 9.96. The fourth-order valence-electron chi connectivity index (χ4n) is 1.78. The van der Waals surface area contributed by atoms with Crippen LogP contribution in [0.3, 0.4) is 0 Å². The van der Waals surface area contributed by atoms with Gasteiger partial charge < -0.3 is 5.73 Å². The molecule has 1 aromatic carbocycles. The Balaban J connectivity index is 2.22. The van der Waals surface area contributed by atoms with Gasteiger partial charge >= 0.3 is 0 Å². The number of rotatable bonds is 4. The van der Waals surface area contributed by atoms with Crippen molar-refractivity contribution in [3.05, 3.63) is 48.0 Å². The van der Waals surface area contributed by atoms with E-state index in [-0.39, 0.29) is 21.6 Å². The molecule has 0 aliphatic carbocycles. The van der Waals surface area contributed by atoms with Crippen LogP contribution in [0, 0.1) is 0 Å². The van der Waals surface area contributed by atoms with Gasteiger partial charge in [-0.25, -0.2) is 18.4 Å². The average molecular weight is 334 g/mol. The van der Waals surface area contributed by atoms with E-state index in [1.165, 1.54) is 36.7 Å².